The number of ether oxygens (including phenoxy) is 1. The lowest BCUT2D eigenvalue weighted by atomic mass is 10.2. The van der Waals surface area contributed by atoms with Gasteiger partial charge in [0.05, 0.1) is 12.6 Å². The van der Waals surface area contributed by atoms with Crippen molar-refractivity contribution in [2.75, 3.05) is 0 Å². The van der Waals surface area contributed by atoms with Crippen LogP contribution >= 0.6 is 0 Å². The summed E-state index contributed by atoms with van der Waals surface area (Å²) in [5.74, 6) is 1.62. The minimum atomic E-state index is 0.128. The molecule has 0 bridgehead atoms. The van der Waals surface area contributed by atoms with Gasteiger partial charge >= 0.3 is 0 Å². The molecule has 2 rings (SSSR count). The molecule has 0 fully saturated rings. The van der Waals surface area contributed by atoms with Crippen LogP contribution in [0.5, 0.6) is 5.88 Å². The third kappa shape index (κ3) is 3.56. The number of hydrogen-bond acceptors (Lipinski definition) is 4. The van der Waals surface area contributed by atoms with Crippen molar-refractivity contribution in [3.63, 3.8) is 0 Å². The lowest BCUT2D eigenvalue weighted by Crippen LogP contribution is -2.16. The van der Waals surface area contributed by atoms with Crippen LogP contribution in [0.25, 0.3) is 0 Å². The summed E-state index contributed by atoms with van der Waals surface area (Å²) in [6.45, 7) is 5.39. The number of nitrogens with one attached hydrogen (secondary N) is 2. The highest BCUT2D eigenvalue weighted by Crippen LogP contribution is 2.15. The number of nitrogens with zero attached hydrogens (tertiary/aromatic N) is 2. The van der Waals surface area contributed by atoms with Crippen molar-refractivity contribution in [2.45, 2.75) is 33.0 Å². The van der Waals surface area contributed by atoms with E-state index in [1.54, 1.807) is 12.4 Å². The van der Waals surface area contributed by atoms with E-state index in [0.29, 0.717) is 19.0 Å². The first-order chi connectivity index (χ1) is 8.75. The Balaban J connectivity index is 1.92. The quantitative estimate of drug-likeness (QED) is 0.817. The fraction of sp³-hybridized carbons (Fsp3) is 0.385. The molecule has 2 aromatic rings. The largest absolute Gasteiger partial charge is 0.475 e. The molecular formula is C13H18N4O. The Morgan fingerprint density at radius 3 is 2.89 bits per heavy atom. The number of pyridine rings is 1. The minimum absolute atomic E-state index is 0.128. The van der Waals surface area contributed by atoms with Crippen molar-refractivity contribution in [3.8, 4) is 5.88 Å². The van der Waals surface area contributed by atoms with E-state index in [1.165, 1.54) is 0 Å². The van der Waals surface area contributed by atoms with Gasteiger partial charge in [-0.1, -0.05) is 6.07 Å². The zero-order valence-electron chi connectivity index (χ0n) is 10.7. The maximum absolute atomic E-state index is 5.66. The molecule has 5 nitrogen and oxygen atoms in total. The van der Waals surface area contributed by atoms with E-state index in [1.807, 2.05) is 32.2 Å². The summed E-state index contributed by atoms with van der Waals surface area (Å²) in [6.07, 6.45) is 5.43. The van der Waals surface area contributed by atoms with Gasteiger partial charge in [-0.3, -0.25) is 0 Å². The van der Waals surface area contributed by atoms with Crippen LogP contribution in [0.1, 0.15) is 25.2 Å². The lowest BCUT2D eigenvalue weighted by Gasteiger charge is -2.12. The summed E-state index contributed by atoms with van der Waals surface area (Å²) in [5, 5.41) is 3.30. The van der Waals surface area contributed by atoms with Crippen LogP contribution in [0.15, 0.2) is 30.7 Å². The summed E-state index contributed by atoms with van der Waals surface area (Å²) in [6, 6.07) is 3.93. The molecule has 0 aromatic carbocycles. The SMILES string of the molecule is CC(C)Oc1ncccc1CNCc1ncc[nH]1. The van der Waals surface area contributed by atoms with Crippen molar-refractivity contribution in [1.29, 1.82) is 0 Å². The molecule has 0 unspecified atom stereocenters. The van der Waals surface area contributed by atoms with Gasteiger partial charge in [0.2, 0.25) is 5.88 Å². The topological polar surface area (TPSA) is 62.8 Å². The number of aromatic amines is 1. The summed E-state index contributed by atoms with van der Waals surface area (Å²) >= 11 is 0. The van der Waals surface area contributed by atoms with Gasteiger partial charge in [-0.05, 0) is 19.9 Å². The van der Waals surface area contributed by atoms with Gasteiger partial charge in [0.1, 0.15) is 5.82 Å². The van der Waals surface area contributed by atoms with Gasteiger partial charge < -0.3 is 15.0 Å². The first kappa shape index (κ1) is 12.6. The van der Waals surface area contributed by atoms with Gasteiger partial charge in [-0.25, -0.2) is 9.97 Å². The normalized spacial score (nSPS) is 10.8. The number of imidazole rings is 1. The Morgan fingerprint density at radius 2 is 2.17 bits per heavy atom. The molecule has 0 aliphatic carbocycles. The Morgan fingerprint density at radius 1 is 1.28 bits per heavy atom. The van der Waals surface area contributed by atoms with Crippen LogP contribution < -0.4 is 10.1 Å². The van der Waals surface area contributed by atoms with Crippen LogP contribution in [0.4, 0.5) is 0 Å². The van der Waals surface area contributed by atoms with Crippen molar-refractivity contribution < 1.29 is 4.74 Å². The molecule has 2 heterocycles. The molecule has 0 atom stereocenters. The van der Waals surface area contributed by atoms with E-state index in [4.69, 9.17) is 4.74 Å². The number of hydrogen-bond donors (Lipinski definition) is 2. The van der Waals surface area contributed by atoms with Gasteiger partial charge in [0.25, 0.3) is 0 Å². The average molecular weight is 246 g/mol. The minimum Gasteiger partial charge on any atom is -0.475 e. The molecule has 2 aromatic heterocycles. The van der Waals surface area contributed by atoms with E-state index < -0.39 is 0 Å². The number of rotatable bonds is 6. The molecule has 0 amide bonds. The molecule has 0 saturated carbocycles. The molecule has 5 heteroatoms. The molecule has 96 valence electrons. The maximum atomic E-state index is 5.66. The molecule has 0 radical (unpaired) electrons. The third-order valence-corrected chi connectivity index (χ3v) is 2.36. The van der Waals surface area contributed by atoms with Crippen LogP contribution in [-0.4, -0.2) is 21.1 Å². The van der Waals surface area contributed by atoms with E-state index in [2.05, 4.69) is 20.3 Å². The Kier molecular flexibility index (Phi) is 4.30. The van der Waals surface area contributed by atoms with Crippen molar-refractivity contribution in [3.05, 3.63) is 42.1 Å². The first-order valence-corrected chi connectivity index (χ1v) is 6.05. The smallest absolute Gasteiger partial charge is 0.218 e. The molecule has 0 saturated heterocycles. The monoisotopic (exact) mass is 246 g/mol. The Hall–Kier alpha value is -1.88. The van der Waals surface area contributed by atoms with Crippen LogP contribution in [-0.2, 0) is 13.1 Å². The van der Waals surface area contributed by atoms with Crippen molar-refractivity contribution in [2.24, 2.45) is 0 Å². The molecule has 2 N–H and O–H groups in total. The molecule has 18 heavy (non-hydrogen) atoms. The highest BCUT2D eigenvalue weighted by atomic mass is 16.5. The van der Waals surface area contributed by atoms with E-state index in [0.717, 1.165) is 11.4 Å². The van der Waals surface area contributed by atoms with Gasteiger partial charge in [-0.2, -0.15) is 0 Å². The predicted molar refractivity (Wildman–Crippen MR) is 69.1 cm³/mol. The number of aromatic nitrogens is 3. The molecule has 0 spiro atoms. The van der Waals surface area contributed by atoms with Crippen LogP contribution in [0, 0.1) is 0 Å². The Labute approximate surface area is 107 Å². The fourth-order valence-corrected chi connectivity index (χ4v) is 1.60. The lowest BCUT2D eigenvalue weighted by molar-refractivity contribution is 0.229. The average Bonchev–Trinajstić information content (AvgIpc) is 2.84. The summed E-state index contributed by atoms with van der Waals surface area (Å²) < 4.78 is 5.66. The second-order valence-electron chi connectivity index (χ2n) is 4.27. The van der Waals surface area contributed by atoms with Crippen LogP contribution in [0.3, 0.4) is 0 Å². The second kappa shape index (κ2) is 6.16. The summed E-state index contributed by atoms with van der Waals surface area (Å²) in [5.41, 5.74) is 1.05. The number of H-pyrrole nitrogens is 1. The van der Waals surface area contributed by atoms with Gasteiger partial charge in [-0.15, -0.1) is 0 Å². The van der Waals surface area contributed by atoms with E-state index >= 15 is 0 Å². The second-order valence-corrected chi connectivity index (χ2v) is 4.27. The Bertz CT molecular complexity index is 468. The summed E-state index contributed by atoms with van der Waals surface area (Å²) in [4.78, 5) is 11.5. The van der Waals surface area contributed by atoms with Crippen LogP contribution in [0.2, 0.25) is 0 Å². The standard InChI is InChI=1S/C13H18N4O/c1-10(2)18-13-11(4-3-5-17-13)8-14-9-12-15-6-7-16-12/h3-7,10,14H,8-9H2,1-2H3,(H,15,16). The van der Waals surface area contributed by atoms with E-state index in [9.17, 15) is 0 Å². The van der Waals surface area contributed by atoms with Gasteiger partial charge in [0, 0.05) is 30.7 Å². The zero-order chi connectivity index (χ0) is 12.8. The summed E-state index contributed by atoms with van der Waals surface area (Å²) in [7, 11) is 0. The van der Waals surface area contributed by atoms with Gasteiger partial charge in [0.15, 0.2) is 0 Å². The third-order valence-electron chi connectivity index (χ3n) is 2.36. The van der Waals surface area contributed by atoms with Crippen molar-refractivity contribution >= 4 is 0 Å². The molecule has 0 aliphatic heterocycles. The fourth-order valence-electron chi connectivity index (χ4n) is 1.60. The first-order valence-electron chi connectivity index (χ1n) is 6.05. The maximum Gasteiger partial charge on any atom is 0.218 e. The molecule has 0 aliphatic rings. The van der Waals surface area contributed by atoms with Crippen molar-refractivity contribution in [1.82, 2.24) is 20.3 Å². The van der Waals surface area contributed by atoms with E-state index in [-0.39, 0.29) is 6.10 Å². The highest BCUT2D eigenvalue weighted by Gasteiger charge is 2.06. The predicted octanol–water partition coefficient (Wildman–Crippen LogP) is 1.88. The zero-order valence-corrected chi connectivity index (χ0v) is 10.7. The molecular weight excluding hydrogens is 228 g/mol. The highest BCUT2D eigenvalue weighted by molar-refractivity contribution is 5.25.